The van der Waals surface area contributed by atoms with E-state index < -0.39 is 0 Å². The quantitative estimate of drug-likeness (QED) is 0.490. The first-order valence-electron chi connectivity index (χ1n) is 4.94. The SMILES string of the molecule is CC1CC=CCC1COCCC#N. The van der Waals surface area contributed by atoms with Gasteiger partial charge in [0.1, 0.15) is 0 Å². The maximum atomic E-state index is 8.31. The van der Waals surface area contributed by atoms with Crippen molar-refractivity contribution < 1.29 is 4.74 Å². The first kappa shape index (κ1) is 10.3. The lowest BCUT2D eigenvalue weighted by Crippen LogP contribution is -2.19. The Labute approximate surface area is 80.2 Å². The fourth-order valence-corrected chi connectivity index (χ4v) is 1.59. The number of ether oxygens (including phenoxy) is 1. The summed E-state index contributed by atoms with van der Waals surface area (Å²) in [5, 5.41) is 8.31. The topological polar surface area (TPSA) is 33.0 Å². The van der Waals surface area contributed by atoms with Crippen LogP contribution in [0.2, 0.25) is 0 Å². The summed E-state index contributed by atoms with van der Waals surface area (Å²) in [6, 6.07) is 2.08. The number of nitrogens with zero attached hydrogens (tertiary/aromatic N) is 1. The maximum absolute atomic E-state index is 8.31. The van der Waals surface area contributed by atoms with Gasteiger partial charge in [-0.2, -0.15) is 5.26 Å². The Morgan fingerprint density at radius 2 is 2.23 bits per heavy atom. The molecule has 72 valence electrons. The number of hydrogen-bond acceptors (Lipinski definition) is 2. The molecule has 0 fully saturated rings. The van der Waals surface area contributed by atoms with E-state index in [1.807, 2.05) is 0 Å². The van der Waals surface area contributed by atoms with Crippen LogP contribution in [0, 0.1) is 23.2 Å². The molecular formula is C11H17NO. The van der Waals surface area contributed by atoms with Gasteiger partial charge in [-0.15, -0.1) is 0 Å². The van der Waals surface area contributed by atoms with Crippen molar-refractivity contribution in [2.75, 3.05) is 13.2 Å². The summed E-state index contributed by atoms with van der Waals surface area (Å²) in [6.07, 6.45) is 7.30. The van der Waals surface area contributed by atoms with E-state index in [1.54, 1.807) is 0 Å². The fraction of sp³-hybridized carbons (Fsp3) is 0.727. The largest absolute Gasteiger partial charge is 0.380 e. The van der Waals surface area contributed by atoms with E-state index in [1.165, 1.54) is 6.42 Å². The van der Waals surface area contributed by atoms with Gasteiger partial charge in [0.15, 0.2) is 0 Å². The van der Waals surface area contributed by atoms with E-state index in [9.17, 15) is 0 Å². The summed E-state index contributed by atoms with van der Waals surface area (Å²) in [5.41, 5.74) is 0. The van der Waals surface area contributed by atoms with Crippen LogP contribution in [0.3, 0.4) is 0 Å². The van der Waals surface area contributed by atoms with Crippen LogP contribution in [0.15, 0.2) is 12.2 Å². The first-order chi connectivity index (χ1) is 6.34. The monoisotopic (exact) mass is 179 g/mol. The average Bonchev–Trinajstić information content (AvgIpc) is 2.15. The highest BCUT2D eigenvalue weighted by molar-refractivity contribution is 4.93. The number of allylic oxidation sites excluding steroid dienone is 2. The van der Waals surface area contributed by atoms with Crippen molar-refractivity contribution in [3.8, 4) is 6.07 Å². The van der Waals surface area contributed by atoms with E-state index >= 15 is 0 Å². The molecule has 2 unspecified atom stereocenters. The lowest BCUT2D eigenvalue weighted by atomic mass is 9.85. The zero-order valence-electron chi connectivity index (χ0n) is 8.20. The highest BCUT2D eigenvalue weighted by Gasteiger charge is 2.17. The van der Waals surface area contributed by atoms with Crippen molar-refractivity contribution in [3.05, 3.63) is 12.2 Å². The predicted molar refractivity (Wildman–Crippen MR) is 52.1 cm³/mol. The lowest BCUT2D eigenvalue weighted by molar-refractivity contribution is 0.0829. The van der Waals surface area contributed by atoms with Crippen LogP contribution in [-0.2, 0) is 4.74 Å². The van der Waals surface area contributed by atoms with Crippen molar-refractivity contribution in [2.24, 2.45) is 11.8 Å². The second-order valence-electron chi connectivity index (χ2n) is 3.66. The molecule has 0 saturated carbocycles. The van der Waals surface area contributed by atoms with Gasteiger partial charge in [0.05, 0.1) is 19.1 Å². The molecule has 0 radical (unpaired) electrons. The Morgan fingerprint density at radius 1 is 1.46 bits per heavy atom. The third-order valence-corrected chi connectivity index (χ3v) is 2.61. The van der Waals surface area contributed by atoms with Crippen LogP contribution >= 0.6 is 0 Å². The molecule has 0 N–H and O–H groups in total. The van der Waals surface area contributed by atoms with Gasteiger partial charge in [0.25, 0.3) is 0 Å². The average molecular weight is 179 g/mol. The highest BCUT2D eigenvalue weighted by Crippen LogP contribution is 2.24. The third-order valence-electron chi connectivity index (χ3n) is 2.61. The summed E-state index contributed by atoms with van der Waals surface area (Å²) < 4.78 is 5.43. The number of hydrogen-bond donors (Lipinski definition) is 0. The van der Waals surface area contributed by atoms with Crippen molar-refractivity contribution in [1.29, 1.82) is 5.26 Å². The van der Waals surface area contributed by atoms with Gasteiger partial charge in [0.2, 0.25) is 0 Å². The molecule has 0 aliphatic heterocycles. The molecule has 0 bridgehead atoms. The second-order valence-corrected chi connectivity index (χ2v) is 3.66. The second kappa shape index (κ2) is 5.77. The minimum atomic E-state index is 0.511. The summed E-state index contributed by atoms with van der Waals surface area (Å²) in [5.74, 6) is 1.38. The first-order valence-corrected chi connectivity index (χ1v) is 4.94. The molecule has 0 aromatic carbocycles. The van der Waals surface area contributed by atoms with Gasteiger partial charge < -0.3 is 4.74 Å². The van der Waals surface area contributed by atoms with Crippen LogP contribution in [0.4, 0.5) is 0 Å². The Kier molecular flexibility index (Phi) is 4.56. The number of nitriles is 1. The zero-order chi connectivity index (χ0) is 9.52. The summed E-state index contributed by atoms with van der Waals surface area (Å²) in [6.45, 7) is 3.67. The standard InChI is InChI=1S/C11H17NO/c1-10-5-2-3-6-11(10)9-13-8-4-7-12/h2-3,10-11H,4-6,8-9H2,1H3. The molecule has 13 heavy (non-hydrogen) atoms. The summed E-state index contributed by atoms with van der Waals surface area (Å²) >= 11 is 0. The van der Waals surface area contributed by atoms with Gasteiger partial charge in [-0.3, -0.25) is 0 Å². The molecule has 2 nitrogen and oxygen atoms in total. The van der Waals surface area contributed by atoms with Crippen molar-refractivity contribution >= 4 is 0 Å². The van der Waals surface area contributed by atoms with Crippen LogP contribution in [0.25, 0.3) is 0 Å². The summed E-state index contributed by atoms with van der Waals surface area (Å²) in [4.78, 5) is 0. The van der Waals surface area contributed by atoms with Crippen LogP contribution in [-0.4, -0.2) is 13.2 Å². The van der Waals surface area contributed by atoms with E-state index in [2.05, 4.69) is 25.1 Å². The van der Waals surface area contributed by atoms with Crippen LogP contribution in [0.1, 0.15) is 26.2 Å². The van der Waals surface area contributed by atoms with E-state index in [-0.39, 0.29) is 0 Å². The molecule has 1 aliphatic carbocycles. The molecule has 0 amide bonds. The van der Waals surface area contributed by atoms with Gasteiger partial charge in [-0.25, -0.2) is 0 Å². The normalized spacial score (nSPS) is 27.1. The molecule has 1 rings (SSSR count). The van der Waals surface area contributed by atoms with Crippen molar-refractivity contribution in [1.82, 2.24) is 0 Å². The number of rotatable bonds is 4. The Morgan fingerprint density at radius 3 is 2.92 bits per heavy atom. The maximum Gasteiger partial charge on any atom is 0.0645 e. The molecule has 0 saturated heterocycles. The molecule has 0 aromatic heterocycles. The van der Waals surface area contributed by atoms with Crippen molar-refractivity contribution in [2.45, 2.75) is 26.2 Å². The lowest BCUT2D eigenvalue weighted by Gasteiger charge is -2.24. The Hall–Kier alpha value is -0.810. The van der Waals surface area contributed by atoms with Crippen molar-refractivity contribution in [3.63, 3.8) is 0 Å². The minimum absolute atomic E-state index is 0.511. The van der Waals surface area contributed by atoms with Gasteiger partial charge in [-0.1, -0.05) is 19.1 Å². The van der Waals surface area contributed by atoms with Gasteiger partial charge in [0, 0.05) is 6.61 Å². The fourth-order valence-electron chi connectivity index (χ4n) is 1.59. The minimum Gasteiger partial charge on any atom is -0.380 e. The third kappa shape index (κ3) is 3.61. The van der Waals surface area contributed by atoms with Gasteiger partial charge in [-0.05, 0) is 24.7 Å². The smallest absolute Gasteiger partial charge is 0.0645 e. The molecule has 0 spiro atoms. The van der Waals surface area contributed by atoms with Gasteiger partial charge >= 0.3 is 0 Å². The summed E-state index contributed by atoms with van der Waals surface area (Å²) in [7, 11) is 0. The predicted octanol–water partition coefficient (Wildman–Crippen LogP) is 2.52. The van der Waals surface area contributed by atoms with Crippen LogP contribution < -0.4 is 0 Å². The highest BCUT2D eigenvalue weighted by atomic mass is 16.5. The Balaban J connectivity index is 2.14. The molecule has 1 aliphatic rings. The van der Waals surface area contributed by atoms with E-state index in [0.29, 0.717) is 18.9 Å². The zero-order valence-corrected chi connectivity index (χ0v) is 8.20. The van der Waals surface area contributed by atoms with E-state index in [0.717, 1.165) is 18.9 Å². The van der Waals surface area contributed by atoms with Crippen LogP contribution in [0.5, 0.6) is 0 Å². The Bertz CT molecular complexity index is 205. The molecule has 2 atom stereocenters. The molecular weight excluding hydrogens is 162 g/mol. The van der Waals surface area contributed by atoms with E-state index in [4.69, 9.17) is 10.00 Å². The molecule has 0 aromatic rings. The molecule has 2 heteroatoms. The molecule has 0 heterocycles.